The maximum absolute atomic E-state index is 13.5. The second kappa shape index (κ2) is 12.3. The molecule has 2 aliphatic rings. The number of piperidine rings is 1. The van der Waals surface area contributed by atoms with Crippen molar-refractivity contribution in [2.24, 2.45) is 0 Å². The van der Waals surface area contributed by atoms with Crippen LogP contribution in [0.1, 0.15) is 35.2 Å². The van der Waals surface area contributed by atoms with Crippen LogP contribution in [0.25, 0.3) is 0 Å². The van der Waals surface area contributed by atoms with Crippen molar-refractivity contribution in [3.63, 3.8) is 0 Å². The first-order valence-electron chi connectivity index (χ1n) is 12.6. The Morgan fingerprint density at radius 1 is 1.03 bits per heavy atom. The molecular weight excluding hydrogens is 492 g/mol. The molecule has 2 fully saturated rings. The van der Waals surface area contributed by atoms with Crippen LogP contribution in [0.2, 0.25) is 0 Å². The Morgan fingerprint density at radius 2 is 1.71 bits per heavy atom. The van der Waals surface area contributed by atoms with E-state index in [4.69, 9.17) is 18.9 Å². The minimum absolute atomic E-state index is 0.0899. The van der Waals surface area contributed by atoms with Gasteiger partial charge in [0.2, 0.25) is 11.7 Å². The molecule has 0 spiro atoms. The number of benzene rings is 2. The lowest BCUT2D eigenvalue weighted by Crippen LogP contribution is -2.67. The monoisotopic (exact) mass is 526 g/mol. The molecule has 10 heteroatoms. The van der Waals surface area contributed by atoms with Crippen LogP contribution in [0.5, 0.6) is 17.2 Å². The fourth-order valence-corrected chi connectivity index (χ4v) is 5.18. The Morgan fingerprint density at radius 3 is 2.32 bits per heavy atom. The number of rotatable bonds is 11. The van der Waals surface area contributed by atoms with E-state index in [1.807, 2.05) is 30.3 Å². The third-order valence-corrected chi connectivity index (χ3v) is 7.08. The number of carbonyl (C=O) groups excluding carboxylic acids is 3. The normalized spacial score (nSPS) is 19.6. The molecule has 0 aliphatic carbocycles. The molecule has 2 aromatic rings. The molecule has 38 heavy (non-hydrogen) atoms. The molecule has 1 N–H and O–H groups in total. The molecule has 0 aromatic heterocycles. The van der Waals surface area contributed by atoms with Crippen LogP contribution in [0.3, 0.4) is 0 Å². The van der Waals surface area contributed by atoms with Crippen LogP contribution in [-0.4, -0.2) is 91.7 Å². The van der Waals surface area contributed by atoms with E-state index >= 15 is 0 Å². The number of fused-ring (bicyclic) bond motifs is 2. The number of ether oxygens (including phenoxy) is 4. The van der Waals surface area contributed by atoms with E-state index in [1.165, 1.54) is 38.4 Å². The lowest BCUT2D eigenvalue weighted by Gasteiger charge is -2.49. The van der Waals surface area contributed by atoms with Gasteiger partial charge in [0.25, 0.3) is 11.7 Å². The van der Waals surface area contributed by atoms with Crippen molar-refractivity contribution in [2.75, 3.05) is 41.0 Å². The van der Waals surface area contributed by atoms with E-state index in [0.29, 0.717) is 25.2 Å². The fraction of sp³-hybridized carbons (Fsp3) is 0.464. The summed E-state index contributed by atoms with van der Waals surface area (Å²) in [5.41, 5.74) is 1.06. The molecule has 2 bridgehead atoms. The van der Waals surface area contributed by atoms with Gasteiger partial charge >= 0.3 is 0 Å². The molecule has 204 valence electrons. The number of ketones is 1. The van der Waals surface area contributed by atoms with Gasteiger partial charge < -0.3 is 33.9 Å². The Kier molecular flexibility index (Phi) is 8.85. The molecule has 3 atom stereocenters. The fourth-order valence-electron chi connectivity index (χ4n) is 5.18. The number of amides is 2. The second-order valence-electron chi connectivity index (χ2n) is 9.40. The second-order valence-corrected chi connectivity index (χ2v) is 9.40. The maximum Gasteiger partial charge on any atom is 0.295 e. The highest BCUT2D eigenvalue weighted by molar-refractivity contribution is 6.43. The van der Waals surface area contributed by atoms with Crippen LogP contribution >= 0.6 is 0 Å². The quantitative estimate of drug-likeness (QED) is 0.350. The summed E-state index contributed by atoms with van der Waals surface area (Å²) in [6.45, 7) is 0.551. The van der Waals surface area contributed by atoms with Crippen LogP contribution in [0.15, 0.2) is 42.5 Å². The van der Waals surface area contributed by atoms with Crippen molar-refractivity contribution in [3.05, 3.63) is 53.6 Å². The molecule has 2 amide bonds. The Bertz CT molecular complexity index is 1130. The van der Waals surface area contributed by atoms with E-state index in [1.54, 1.807) is 4.90 Å². The summed E-state index contributed by atoms with van der Waals surface area (Å²) in [6.07, 6.45) is 1.35. The molecule has 10 nitrogen and oxygen atoms in total. The van der Waals surface area contributed by atoms with Gasteiger partial charge in [-0.25, -0.2) is 0 Å². The Hall–Kier alpha value is -3.63. The minimum Gasteiger partial charge on any atom is -0.493 e. The third-order valence-electron chi connectivity index (χ3n) is 7.08. The molecule has 2 unspecified atom stereocenters. The van der Waals surface area contributed by atoms with Gasteiger partial charge in [0, 0.05) is 18.7 Å². The van der Waals surface area contributed by atoms with E-state index < -0.39 is 23.8 Å². The number of aliphatic hydroxyl groups excluding tert-OH is 1. The zero-order valence-corrected chi connectivity index (χ0v) is 21.9. The molecular formula is C28H34N2O8. The number of likely N-dealkylation sites (tertiary alicyclic amines) is 1. The topological polar surface area (TPSA) is 115 Å². The van der Waals surface area contributed by atoms with Gasteiger partial charge in [0.1, 0.15) is 6.04 Å². The molecule has 0 saturated carbocycles. The summed E-state index contributed by atoms with van der Waals surface area (Å²) in [7, 11) is 4.31. The zero-order chi connectivity index (χ0) is 27.2. The lowest BCUT2D eigenvalue weighted by atomic mass is 9.89. The van der Waals surface area contributed by atoms with Crippen molar-refractivity contribution in [3.8, 4) is 17.2 Å². The van der Waals surface area contributed by atoms with E-state index in [2.05, 4.69) is 0 Å². The number of carbonyl (C=O) groups is 3. The maximum atomic E-state index is 13.5. The smallest absolute Gasteiger partial charge is 0.295 e. The largest absolute Gasteiger partial charge is 0.493 e. The van der Waals surface area contributed by atoms with Gasteiger partial charge in [-0.2, -0.15) is 0 Å². The van der Waals surface area contributed by atoms with E-state index in [9.17, 15) is 19.5 Å². The van der Waals surface area contributed by atoms with Crippen LogP contribution in [-0.2, 0) is 20.9 Å². The van der Waals surface area contributed by atoms with Crippen LogP contribution < -0.4 is 14.2 Å². The van der Waals surface area contributed by atoms with Gasteiger partial charge in [-0.3, -0.25) is 14.4 Å². The number of methoxy groups -OCH3 is 3. The van der Waals surface area contributed by atoms with E-state index in [0.717, 1.165) is 12.0 Å². The summed E-state index contributed by atoms with van der Waals surface area (Å²) in [6, 6.07) is 11.4. The van der Waals surface area contributed by atoms with Gasteiger partial charge in [0.05, 0.1) is 46.7 Å². The van der Waals surface area contributed by atoms with Crippen molar-refractivity contribution in [1.82, 2.24) is 9.80 Å². The van der Waals surface area contributed by atoms with Gasteiger partial charge in [0.15, 0.2) is 11.5 Å². The average molecular weight is 527 g/mol. The Labute approximate surface area is 222 Å². The molecule has 4 rings (SSSR count). The summed E-state index contributed by atoms with van der Waals surface area (Å²) in [5, 5.41) is 9.88. The number of hydrogen-bond acceptors (Lipinski definition) is 8. The number of hydrogen-bond donors (Lipinski definition) is 1. The SMILES string of the molecule is COc1cc(C(=O)C(=O)N2C3CCCC2C(=O)N(C[C@@H](CO)OCc2ccccc2)C3)cc(OC)c1OC. The van der Waals surface area contributed by atoms with Crippen LogP contribution in [0.4, 0.5) is 0 Å². The van der Waals surface area contributed by atoms with Crippen molar-refractivity contribution >= 4 is 17.6 Å². The van der Waals surface area contributed by atoms with Crippen molar-refractivity contribution < 1.29 is 38.4 Å². The van der Waals surface area contributed by atoms with Gasteiger partial charge in [-0.05, 0) is 37.0 Å². The average Bonchev–Trinajstić information content (AvgIpc) is 2.96. The number of nitrogens with zero attached hydrogens (tertiary/aromatic N) is 2. The summed E-state index contributed by atoms with van der Waals surface area (Å²) in [5.74, 6) is -0.895. The van der Waals surface area contributed by atoms with Crippen molar-refractivity contribution in [2.45, 2.75) is 44.1 Å². The third kappa shape index (κ3) is 5.61. The lowest BCUT2D eigenvalue weighted by molar-refractivity contribution is -0.159. The van der Waals surface area contributed by atoms with Gasteiger partial charge in [-0.1, -0.05) is 30.3 Å². The number of piperazine rings is 1. The predicted octanol–water partition coefficient (Wildman–Crippen LogP) is 2.06. The van der Waals surface area contributed by atoms with Gasteiger partial charge in [-0.15, -0.1) is 0 Å². The first-order chi connectivity index (χ1) is 18.4. The first kappa shape index (κ1) is 27.4. The highest BCUT2D eigenvalue weighted by Crippen LogP contribution is 2.39. The summed E-state index contributed by atoms with van der Waals surface area (Å²) < 4.78 is 21.8. The summed E-state index contributed by atoms with van der Waals surface area (Å²) in [4.78, 5) is 43.3. The summed E-state index contributed by atoms with van der Waals surface area (Å²) >= 11 is 0. The van der Waals surface area contributed by atoms with E-state index in [-0.39, 0.29) is 48.7 Å². The van der Waals surface area contributed by atoms with Crippen LogP contribution in [0, 0.1) is 0 Å². The molecule has 2 aliphatic heterocycles. The number of Topliss-reactive ketones (excluding diaryl/α,β-unsaturated/α-hetero) is 1. The van der Waals surface area contributed by atoms with Crippen molar-refractivity contribution in [1.29, 1.82) is 0 Å². The minimum atomic E-state index is -0.748. The molecule has 0 radical (unpaired) electrons. The molecule has 2 aromatic carbocycles. The Balaban J connectivity index is 1.48. The zero-order valence-electron chi connectivity index (χ0n) is 21.9. The standard InChI is InChI=1S/C28H34N2O8/c1-35-23-12-19(13-24(36-2)26(23)37-3)25(32)28(34)30-20-10-7-11-22(30)27(33)29(14-20)15-21(16-31)38-17-18-8-5-4-6-9-18/h4-6,8-9,12-13,20-22,31H,7,10-11,14-17H2,1-3H3/t20?,21-,22?/m0/s1. The first-order valence-corrected chi connectivity index (χ1v) is 12.6. The predicted molar refractivity (Wildman–Crippen MR) is 137 cm³/mol. The molecule has 2 saturated heterocycles. The molecule has 2 heterocycles. The number of aliphatic hydroxyl groups is 1. The highest BCUT2D eigenvalue weighted by Gasteiger charge is 2.47. The highest BCUT2D eigenvalue weighted by atomic mass is 16.5.